The molecular weight excluding hydrogens is 383 g/mol. The van der Waals surface area contributed by atoms with Crippen LogP contribution in [0, 0.1) is 5.92 Å². The maximum absolute atomic E-state index is 6.10. The summed E-state index contributed by atoms with van der Waals surface area (Å²) in [5.74, 6) is 1.74. The molecule has 2 aliphatic rings. The molecule has 1 atom stereocenters. The molecule has 2 aromatic rings. The summed E-state index contributed by atoms with van der Waals surface area (Å²) in [7, 11) is 1.71. The molecule has 4 nitrogen and oxygen atoms in total. The van der Waals surface area contributed by atoms with E-state index in [1.54, 1.807) is 7.11 Å². The second kappa shape index (κ2) is 10.5. The smallest absolute Gasteiger partial charge is 0.119 e. The lowest BCUT2D eigenvalue weighted by molar-refractivity contribution is -0.0356. The highest BCUT2D eigenvalue weighted by Gasteiger charge is 2.25. The topological polar surface area (TPSA) is 33.7 Å². The fourth-order valence-electron chi connectivity index (χ4n) is 4.07. The van der Waals surface area contributed by atoms with Crippen LogP contribution in [0.5, 0.6) is 5.75 Å². The molecule has 2 aliphatic heterocycles. The van der Waals surface area contributed by atoms with Crippen molar-refractivity contribution in [2.75, 3.05) is 46.4 Å². The molecule has 1 unspecified atom stereocenters. The van der Waals surface area contributed by atoms with Gasteiger partial charge >= 0.3 is 0 Å². The molecule has 1 N–H and O–H groups in total. The summed E-state index contributed by atoms with van der Waals surface area (Å²) in [6.07, 6.45) is 2.79. The van der Waals surface area contributed by atoms with Crippen LogP contribution in [0.3, 0.4) is 0 Å². The lowest BCUT2D eigenvalue weighted by atomic mass is 9.96. The molecule has 0 spiro atoms. The van der Waals surface area contributed by atoms with E-state index in [0.29, 0.717) is 0 Å². The number of nitrogens with one attached hydrogen (secondary N) is 1. The molecule has 0 aromatic heterocycles. The molecule has 0 saturated carbocycles. The van der Waals surface area contributed by atoms with Crippen molar-refractivity contribution in [2.45, 2.75) is 18.9 Å². The van der Waals surface area contributed by atoms with Gasteiger partial charge in [0.05, 0.1) is 19.8 Å². The number of hydrogen-bond acceptors (Lipinski definition) is 4. The van der Waals surface area contributed by atoms with E-state index in [1.165, 1.54) is 48.8 Å². The van der Waals surface area contributed by atoms with Crippen molar-refractivity contribution < 1.29 is 9.47 Å². The van der Waals surface area contributed by atoms with Crippen LogP contribution in [0.4, 0.5) is 0 Å². The van der Waals surface area contributed by atoms with Gasteiger partial charge in [-0.25, -0.2) is 0 Å². The number of hydrogen-bond donors (Lipinski definition) is 1. The quantitative estimate of drug-likeness (QED) is 0.820. The molecule has 0 bridgehead atoms. The highest BCUT2D eigenvalue weighted by Crippen LogP contribution is 2.28. The van der Waals surface area contributed by atoms with Gasteiger partial charge in [-0.15, -0.1) is 24.8 Å². The van der Waals surface area contributed by atoms with E-state index in [0.717, 1.165) is 31.4 Å². The second-order valence-electron chi connectivity index (χ2n) is 7.28. The SMILES string of the molecule is COc1ccc2cc(C3CN(CC4CCNCC4)CCO3)ccc2c1.Cl.Cl. The largest absolute Gasteiger partial charge is 0.497 e. The minimum absolute atomic E-state index is 0. The molecule has 2 saturated heterocycles. The van der Waals surface area contributed by atoms with Gasteiger partial charge in [0.15, 0.2) is 0 Å². The Morgan fingerprint density at radius 1 is 1.07 bits per heavy atom. The van der Waals surface area contributed by atoms with E-state index in [4.69, 9.17) is 9.47 Å². The van der Waals surface area contributed by atoms with Crippen LogP contribution in [-0.4, -0.2) is 51.3 Å². The summed E-state index contributed by atoms with van der Waals surface area (Å²) in [5.41, 5.74) is 1.28. The number of ether oxygens (including phenoxy) is 2. The van der Waals surface area contributed by atoms with Crippen molar-refractivity contribution in [3.63, 3.8) is 0 Å². The normalized spacial score (nSPS) is 21.3. The van der Waals surface area contributed by atoms with Gasteiger partial charge in [-0.05, 0) is 66.4 Å². The number of benzene rings is 2. The van der Waals surface area contributed by atoms with Gasteiger partial charge < -0.3 is 14.8 Å². The van der Waals surface area contributed by atoms with E-state index >= 15 is 0 Å². The summed E-state index contributed by atoms with van der Waals surface area (Å²) >= 11 is 0. The van der Waals surface area contributed by atoms with Crippen LogP contribution in [0.15, 0.2) is 36.4 Å². The molecule has 6 heteroatoms. The molecule has 2 fully saturated rings. The molecule has 4 rings (SSSR count). The molecule has 2 aromatic carbocycles. The Balaban J connectivity index is 0.00000131. The molecular formula is C21H30Cl2N2O2. The minimum Gasteiger partial charge on any atom is -0.497 e. The third-order valence-electron chi connectivity index (χ3n) is 5.57. The number of piperidine rings is 1. The predicted octanol–water partition coefficient (Wildman–Crippen LogP) is 4.06. The number of halogens is 2. The van der Waals surface area contributed by atoms with E-state index in [9.17, 15) is 0 Å². The Kier molecular flexibility index (Phi) is 8.64. The Morgan fingerprint density at radius 2 is 1.81 bits per heavy atom. The monoisotopic (exact) mass is 412 g/mol. The van der Waals surface area contributed by atoms with Gasteiger partial charge in [0.25, 0.3) is 0 Å². The summed E-state index contributed by atoms with van der Waals surface area (Å²) in [6.45, 7) is 6.46. The van der Waals surface area contributed by atoms with Gasteiger partial charge in [0.1, 0.15) is 5.75 Å². The molecule has 2 heterocycles. The van der Waals surface area contributed by atoms with Crippen LogP contribution >= 0.6 is 24.8 Å². The van der Waals surface area contributed by atoms with E-state index in [-0.39, 0.29) is 30.9 Å². The highest BCUT2D eigenvalue weighted by molar-refractivity contribution is 5.86. The zero-order valence-electron chi connectivity index (χ0n) is 15.9. The number of fused-ring (bicyclic) bond motifs is 1. The first kappa shape index (κ1) is 22.3. The standard InChI is InChI=1S/C21H28N2O2.2ClH/c1-24-20-5-4-17-12-19(3-2-18(17)13-20)21-15-23(10-11-25-21)14-16-6-8-22-9-7-16;;/h2-5,12-13,16,21-22H,6-11,14-15H2,1H3;2*1H. The fourth-order valence-corrected chi connectivity index (χ4v) is 4.07. The van der Waals surface area contributed by atoms with E-state index in [2.05, 4.69) is 40.5 Å². The first-order valence-electron chi connectivity index (χ1n) is 9.44. The summed E-state index contributed by atoms with van der Waals surface area (Å²) in [4.78, 5) is 2.60. The summed E-state index contributed by atoms with van der Waals surface area (Å²) in [6, 6.07) is 12.9. The summed E-state index contributed by atoms with van der Waals surface area (Å²) in [5, 5.41) is 5.92. The van der Waals surface area contributed by atoms with Gasteiger partial charge in [-0.1, -0.05) is 18.2 Å². The maximum atomic E-state index is 6.10. The van der Waals surface area contributed by atoms with Crippen molar-refractivity contribution in [1.29, 1.82) is 0 Å². The zero-order chi connectivity index (χ0) is 17.1. The van der Waals surface area contributed by atoms with Crippen LogP contribution in [0.1, 0.15) is 24.5 Å². The number of morpholine rings is 1. The molecule has 0 amide bonds. The van der Waals surface area contributed by atoms with Crippen molar-refractivity contribution in [2.24, 2.45) is 5.92 Å². The van der Waals surface area contributed by atoms with Crippen LogP contribution in [0.2, 0.25) is 0 Å². The minimum atomic E-state index is 0. The third-order valence-corrected chi connectivity index (χ3v) is 5.57. The summed E-state index contributed by atoms with van der Waals surface area (Å²) < 4.78 is 11.4. The fraction of sp³-hybridized carbons (Fsp3) is 0.524. The molecule has 0 radical (unpaired) electrons. The Labute approximate surface area is 174 Å². The molecule has 0 aliphatic carbocycles. The van der Waals surface area contributed by atoms with Crippen LogP contribution in [0.25, 0.3) is 10.8 Å². The second-order valence-corrected chi connectivity index (χ2v) is 7.28. The average molecular weight is 413 g/mol. The van der Waals surface area contributed by atoms with Crippen LogP contribution in [-0.2, 0) is 4.74 Å². The number of nitrogens with zero attached hydrogens (tertiary/aromatic N) is 1. The van der Waals surface area contributed by atoms with Gasteiger partial charge in [0.2, 0.25) is 0 Å². The van der Waals surface area contributed by atoms with E-state index < -0.39 is 0 Å². The van der Waals surface area contributed by atoms with Gasteiger partial charge in [-0.2, -0.15) is 0 Å². The Hall–Kier alpha value is -1.04. The van der Waals surface area contributed by atoms with Gasteiger partial charge in [0, 0.05) is 19.6 Å². The number of methoxy groups -OCH3 is 1. The van der Waals surface area contributed by atoms with Gasteiger partial charge in [-0.3, -0.25) is 4.90 Å². The van der Waals surface area contributed by atoms with Crippen molar-refractivity contribution in [1.82, 2.24) is 10.2 Å². The van der Waals surface area contributed by atoms with E-state index in [1.807, 2.05) is 6.07 Å². The molecule has 27 heavy (non-hydrogen) atoms. The maximum Gasteiger partial charge on any atom is 0.119 e. The molecule has 150 valence electrons. The Morgan fingerprint density at radius 3 is 2.59 bits per heavy atom. The third kappa shape index (κ3) is 5.49. The number of rotatable bonds is 4. The zero-order valence-corrected chi connectivity index (χ0v) is 17.5. The lowest BCUT2D eigenvalue weighted by Crippen LogP contribution is -2.43. The van der Waals surface area contributed by atoms with Crippen molar-refractivity contribution >= 4 is 35.6 Å². The van der Waals surface area contributed by atoms with Crippen LogP contribution < -0.4 is 10.1 Å². The van der Waals surface area contributed by atoms with Crippen molar-refractivity contribution in [3.05, 3.63) is 42.0 Å². The van der Waals surface area contributed by atoms with Crippen molar-refractivity contribution in [3.8, 4) is 5.75 Å². The Bertz CT molecular complexity index is 722. The first-order chi connectivity index (χ1) is 12.3. The highest BCUT2D eigenvalue weighted by atomic mass is 35.5. The lowest BCUT2D eigenvalue weighted by Gasteiger charge is -2.36. The average Bonchev–Trinajstić information content (AvgIpc) is 2.68. The first-order valence-corrected chi connectivity index (χ1v) is 9.44. The predicted molar refractivity (Wildman–Crippen MR) is 116 cm³/mol.